The van der Waals surface area contributed by atoms with Crippen LogP contribution in [0.15, 0.2) is 23.8 Å². The SMILES string of the molecule is C=C[C@@]1(C)CCC2=C(C(=O)[C@H](O)C3[C@@]24CC4C[C@@H](OC(C)=O)[C@@]3(C)COC(=O)C(C)C)[C@H]1O. The fourth-order valence-corrected chi connectivity index (χ4v) is 6.95. The van der Waals surface area contributed by atoms with Crippen molar-refractivity contribution in [3.8, 4) is 0 Å². The van der Waals surface area contributed by atoms with Crippen LogP contribution in [0.4, 0.5) is 0 Å². The Morgan fingerprint density at radius 3 is 2.52 bits per heavy atom. The molecule has 2 N–H and O–H groups in total. The smallest absolute Gasteiger partial charge is 0.308 e. The summed E-state index contributed by atoms with van der Waals surface area (Å²) in [5, 5.41) is 22.6. The number of esters is 2. The largest absolute Gasteiger partial charge is 0.465 e. The van der Waals surface area contributed by atoms with E-state index in [-0.39, 0.29) is 24.4 Å². The Labute approximate surface area is 195 Å². The van der Waals surface area contributed by atoms with Gasteiger partial charge in [-0.05, 0) is 31.6 Å². The van der Waals surface area contributed by atoms with Gasteiger partial charge in [0.15, 0.2) is 5.78 Å². The summed E-state index contributed by atoms with van der Waals surface area (Å²) in [6.07, 6.45) is 1.33. The minimum Gasteiger partial charge on any atom is -0.465 e. The van der Waals surface area contributed by atoms with Crippen molar-refractivity contribution >= 4 is 17.7 Å². The number of carbonyl (C=O) groups is 3. The van der Waals surface area contributed by atoms with Crippen LogP contribution in [0.1, 0.15) is 60.3 Å². The number of ketones is 1. The Morgan fingerprint density at radius 1 is 1.27 bits per heavy atom. The molecule has 4 aliphatic carbocycles. The molecule has 4 aliphatic rings. The highest BCUT2D eigenvalue weighted by atomic mass is 16.6. The van der Waals surface area contributed by atoms with Crippen molar-refractivity contribution in [2.45, 2.75) is 78.6 Å². The number of rotatable bonds is 5. The molecule has 7 nitrogen and oxygen atoms in total. The zero-order valence-electron chi connectivity index (χ0n) is 20.2. The molecular weight excluding hydrogens is 424 g/mol. The van der Waals surface area contributed by atoms with E-state index in [0.29, 0.717) is 24.8 Å². The Morgan fingerprint density at radius 2 is 1.94 bits per heavy atom. The van der Waals surface area contributed by atoms with Crippen LogP contribution in [-0.2, 0) is 23.9 Å². The first-order valence-corrected chi connectivity index (χ1v) is 11.9. The van der Waals surface area contributed by atoms with Crippen molar-refractivity contribution in [2.24, 2.45) is 34.0 Å². The van der Waals surface area contributed by atoms with E-state index in [1.54, 1.807) is 19.9 Å². The van der Waals surface area contributed by atoms with E-state index < -0.39 is 52.2 Å². The maximum Gasteiger partial charge on any atom is 0.308 e. The molecule has 33 heavy (non-hydrogen) atoms. The van der Waals surface area contributed by atoms with E-state index in [2.05, 4.69) is 6.58 Å². The van der Waals surface area contributed by atoms with Crippen molar-refractivity contribution in [3.63, 3.8) is 0 Å². The Balaban J connectivity index is 1.80. The molecule has 0 heterocycles. The number of carbonyl (C=O) groups excluding carboxylic acids is 3. The predicted molar refractivity (Wildman–Crippen MR) is 120 cm³/mol. The lowest BCUT2D eigenvalue weighted by molar-refractivity contribution is -0.188. The van der Waals surface area contributed by atoms with Crippen molar-refractivity contribution in [3.05, 3.63) is 23.8 Å². The van der Waals surface area contributed by atoms with Gasteiger partial charge in [0, 0.05) is 34.7 Å². The molecule has 0 aromatic carbocycles. The van der Waals surface area contributed by atoms with E-state index in [4.69, 9.17) is 9.47 Å². The van der Waals surface area contributed by atoms with Gasteiger partial charge in [-0.3, -0.25) is 14.4 Å². The zero-order valence-corrected chi connectivity index (χ0v) is 20.2. The number of hydrogen-bond donors (Lipinski definition) is 2. The Kier molecular flexibility index (Phi) is 5.69. The van der Waals surface area contributed by atoms with E-state index in [1.807, 2.05) is 13.8 Å². The van der Waals surface area contributed by atoms with Crippen molar-refractivity contribution in [2.75, 3.05) is 6.61 Å². The maximum atomic E-state index is 13.5. The highest BCUT2D eigenvalue weighted by Crippen LogP contribution is 2.76. The quantitative estimate of drug-likeness (QED) is 0.479. The van der Waals surface area contributed by atoms with Crippen LogP contribution in [-0.4, -0.2) is 52.9 Å². The summed E-state index contributed by atoms with van der Waals surface area (Å²) in [5.41, 5.74) is -0.764. The van der Waals surface area contributed by atoms with Crippen molar-refractivity contribution in [1.82, 2.24) is 0 Å². The summed E-state index contributed by atoms with van der Waals surface area (Å²) in [5.74, 6) is -2.06. The zero-order chi connectivity index (χ0) is 24.5. The first-order chi connectivity index (χ1) is 15.3. The summed E-state index contributed by atoms with van der Waals surface area (Å²) in [7, 11) is 0. The number of aliphatic hydroxyl groups excluding tert-OH is 2. The summed E-state index contributed by atoms with van der Waals surface area (Å²) in [4.78, 5) is 37.8. The second-order valence-corrected chi connectivity index (χ2v) is 11.3. The van der Waals surface area contributed by atoms with E-state index in [0.717, 1.165) is 12.0 Å². The standard InChI is InChI=1S/C26H36O7/c1-7-24(5)9-8-16-18(22(24)30)19(28)20(29)21-25(6,12-32-23(31)13(2)3)17(33-14(4)27)10-15-11-26(15,16)21/h7,13,15,17,20-22,29-30H,1,8-12H2,2-6H3/t15?,17-,20+,21?,22-,24+,25-,26-/m1/s1. The molecule has 0 radical (unpaired) electrons. The van der Waals surface area contributed by atoms with Crippen LogP contribution in [0.25, 0.3) is 0 Å². The lowest BCUT2D eigenvalue weighted by atomic mass is 9.50. The van der Waals surface area contributed by atoms with Crippen molar-refractivity contribution in [1.29, 1.82) is 0 Å². The van der Waals surface area contributed by atoms with Crippen LogP contribution < -0.4 is 0 Å². The number of Topliss-reactive ketones (excluding diaryl/α,β-unsaturated/α-hetero) is 1. The molecule has 7 heteroatoms. The highest BCUT2D eigenvalue weighted by Gasteiger charge is 2.76. The topological polar surface area (TPSA) is 110 Å². The average molecular weight is 461 g/mol. The third-order valence-corrected chi connectivity index (χ3v) is 8.97. The Bertz CT molecular complexity index is 935. The van der Waals surface area contributed by atoms with Gasteiger partial charge in [-0.15, -0.1) is 6.58 Å². The second kappa shape index (κ2) is 7.77. The summed E-state index contributed by atoms with van der Waals surface area (Å²) < 4.78 is 11.3. The van der Waals surface area contributed by atoms with E-state index >= 15 is 0 Å². The van der Waals surface area contributed by atoms with Crippen molar-refractivity contribution < 1.29 is 34.1 Å². The highest BCUT2D eigenvalue weighted by molar-refractivity contribution is 6.02. The Hall–Kier alpha value is -1.99. The van der Waals surface area contributed by atoms with Gasteiger partial charge in [0.1, 0.15) is 18.8 Å². The number of hydrogen-bond acceptors (Lipinski definition) is 7. The second-order valence-electron chi connectivity index (χ2n) is 11.3. The van der Waals surface area contributed by atoms with Gasteiger partial charge in [0.2, 0.25) is 0 Å². The normalized spacial score (nSPS) is 43.9. The molecule has 2 saturated carbocycles. The van der Waals surface area contributed by atoms with Crippen LogP contribution in [0.3, 0.4) is 0 Å². The molecule has 0 aromatic rings. The molecule has 182 valence electrons. The molecule has 0 aliphatic heterocycles. The van der Waals surface area contributed by atoms with Gasteiger partial charge in [0.05, 0.1) is 12.0 Å². The van der Waals surface area contributed by atoms with Gasteiger partial charge < -0.3 is 19.7 Å². The predicted octanol–water partition coefficient (Wildman–Crippen LogP) is 2.74. The van der Waals surface area contributed by atoms with E-state index in [9.17, 15) is 24.6 Å². The lowest BCUT2D eigenvalue weighted by Crippen LogP contribution is -2.62. The molecule has 8 atom stereocenters. The minimum atomic E-state index is -1.38. The molecular formula is C26H36O7. The fraction of sp³-hybridized carbons (Fsp3) is 0.731. The minimum absolute atomic E-state index is 0.0546. The van der Waals surface area contributed by atoms with Gasteiger partial charge in [-0.1, -0.05) is 39.3 Å². The molecule has 0 bridgehead atoms. The van der Waals surface area contributed by atoms with Gasteiger partial charge in [-0.2, -0.15) is 0 Å². The molecule has 0 saturated heterocycles. The molecule has 1 spiro atoms. The molecule has 0 amide bonds. The van der Waals surface area contributed by atoms with Crippen LogP contribution in [0.5, 0.6) is 0 Å². The lowest BCUT2D eigenvalue weighted by Gasteiger charge is -2.56. The third kappa shape index (κ3) is 3.34. The summed E-state index contributed by atoms with van der Waals surface area (Å²) in [6.45, 7) is 12.4. The van der Waals surface area contributed by atoms with Crippen LogP contribution in [0, 0.1) is 34.0 Å². The number of allylic oxidation sites excluding steroid dienone is 1. The number of ether oxygens (including phenoxy) is 2. The molecule has 2 fully saturated rings. The monoisotopic (exact) mass is 460 g/mol. The first kappa shape index (κ1) is 24.1. The first-order valence-electron chi connectivity index (χ1n) is 11.9. The van der Waals surface area contributed by atoms with E-state index in [1.165, 1.54) is 6.92 Å². The maximum absolute atomic E-state index is 13.5. The van der Waals surface area contributed by atoms with Gasteiger partial charge in [0.25, 0.3) is 0 Å². The molecule has 2 unspecified atom stereocenters. The summed E-state index contributed by atoms with van der Waals surface area (Å²) >= 11 is 0. The summed E-state index contributed by atoms with van der Waals surface area (Å²) in [6, 6.07) is 0. The molecule has 0 aromatic heterocycles. The average Bonchev–Trinajstić information content (AvgIpc) is 3.45. The van der Waals surface area contributed by atoms with Crippen LogP contribution >= 0.6 is 0 Å². The van der Waals surface area contributed by atoms with Gasteiger partial charge in [-0.25, -0.2) is 0 Å². The number of aliphatic hydroxyl groups is 2. The van der Waals surface area contributed by atoms with Gasteiger partial charge >= 0.3 is 11.9 Å². The third-order valence-electron chi connectivity index (χ3n) is 8.97. The molecule has 4 rings (SSSR count). The fourth-order valence-electron chi connectivity index (χ4n) is 6.95. The van der Waals surface area contributed by atoms with Crippen LogP contribution in [0.2, 0.25) is 0 Å².